The number of nitrogens with zero attached hydrogens (tertiary/aromatic N) is 2. The Balaban J connectivity index is 1.76. The number of rotatable bonds is 3. The van der Waals surface area contributed by atoms with Gasteiger partial charge in [0.1, 0.15) is 5.82 Å². The maximum atomic E-state index is 12.9. The number of hydrogen-bond acceptors (Lipinski definition) is 4. The highest BCUT2D eigenvalue weighted by Gasteiger charge is 2.29. The number of amides is 1. The van der Waals surface area contributed by atoms with Crippen LogP contribution in [0.3, 0.4) is 0 Å². The Hall–Kier alpha value is -2.48. The van der Waals surface area contributed by atoms with Crippen LogP contribution in [0.2, 0.25) is 0 Å². The number of halogens is 1. The molecule has 0 atom stereocenters. The van der Waals surface area contributed by atoms with Crippen molar-refractivity contribution in [2.45, 2.75) is 6.54 Å². The lowest BCUT2D eigenvalue weighted by molar-refractivity contribution is -0.117. The maximum absolute atomic E-state index is 12.9. The number of hydrogen-bond donors (Lipinski definition) is 1. The summed E-state index contributed by atoms with van der Waals surface area (Å²) in [6.45, 7) is 0.473. The lowest BCUT2D eigenvalue weighted by Crippen LogP contribution is -2.42. The summed E-state index contributed by atoms with van der Waals surface area (Å²) in [7, 11) is -3.54. The number of carbonyl (C=O) groups excluding carboxylic acids is 1. The fourth-order valence-corrected chi connectivity index (χ4v) is 3.26. The highest BCUT2D eigenvalue weighted by atomic mass is 32.2. The van der Waals surface area contributed by atoms with E-state index >= 15 is 0 Å². The lowest BCUT2D eigenvalue weighted by atomic mass is 10.1. The molecule has 0 aliphatic carbocycles. The van der Waals surface area contributed by atoms with E-state index in [1.165, 1.54) is 18.2 Å². The van der Waals surface area contributed by atoms with Gasteiger partial charge in [-0.3, -0.25) is 4.79 Å². The van der Waals surface area contributed by atoms with Crippen molar-refractivity contribution in [2.24, 2.45) is 4.40 Å². The van der Waals surface area contributed by atoms with E-state index in [-0.39, 0.29) is 36.1 Å². The quantitative estimate of drug-likeness (QED) is 0.892. The van der Waals surface area contributed by atoms with Gasteiger partial charge in [0.2, 0.25) is 0 Å². The predicted octanol–water partition coefficient (Wildman–Crippen LogP) is 0.939. The van der Waals surface area contributed by atoms with E-state index in [0.717, 1.165) is 5.56 Å². The van der Waals surface area contributed by atoms with Crippen molar-refractivity contribution in [1.82, 2.24) is 10.2 Å². The third kappa shape index (κ3) is 3.48. The molecule has 1 aromatic carbocycles. The molecule has 2 heterocycles. The minimum atomic E-state index is -3.54. The lowest BCUT2D eigenvalue weighted by Gasteiger charge is -2.28. The van der Waals surface area contributed by atoms with Crippen molar-refractivity contribution < 1.29 is 17.6 Å². The number of sulfonamides is 1. The largest absolute Gasteiger partial charge is 0.348 e. The minimum absolute atomic E-state index is 0.0781. The number of carbonyl (C=O) groups is 1. The number of nitrogens with one attached hydrogen (secondary N) is 1. The molecule has 0 aromatic heterocycles. The molecule has 0 saturated heterocycles. The van der Waals surface area contributed by atoms with Gasteiger partial charge < -0.3 is 10.2 Å². The van der Waals surface area contributed by atoms with E-state index in [4.69, 9.17) is 0 Å². The van der Waals surface area contributed by atoms with Crippen LogP contribution in [0.5, 0.6) is 0 Å². The zero-order chi connectivity index (χ0) is 16.4. The summed E-state index contributed by atoms with van der Waals surface area (Å²) in [5, 5.41) is 2.68. The molecular formula is C15H14FN3O3S. The number of amidine groups is 1. The second-order valence-corrected chi connectivity index (χ2v) is 6.88. The van der Waals surface area contributed by atoms with Crippen molar-refractivity contribution in [3.05, 3.63) is 59.6 Å². The maximum Gasteiger partial charge on any atom is 0.256 e. The number of allylic oxidation sites excluding steroid dienone is 2. The average molecular weight is 335 g/mol. The molecule has 23 heavy (non-hydrogen) atoms. The third-order valence-corrected chi connectivity index (χ3v) is 4.62. The van der Waals surface area contributed by atoms with Crippen LogP contribution in [0.4, 0.5) is 4.39 Å². The molecule has 0 saturated carbocycles. The summed E-state index contributed by atoms with van der Waals surface area (Å²) < 4.78 is 39.8. The van der Waals surface area contributed by atoms with Crippen molar-refractivity contribution >= 4 is 21.8 Å². The summed E-state index contributed by atoms with van der Waals surface area (Å²) in [4.78, 5) is 13.9. The molecule has 0 fully saturated rings. The number of benzene rings is 1. The molecule has 1 aromatic rings. The molecule has 1 N–H and O–H groups in total. The van der Waals surface area contributed by atoms with E-state index in [2.05, 4.69) is 9.71 Å². The molecule has 0 spiro atoms. The molecule has 2 aliphatic heterocycles. The molecule has 8 heteroatoms. The average Bonchev–Trinajstić information content (AvgIpc) is 2.52. The fourth-order valence-electron chi connectivity index (χ4n) is 2.27. The van der Waals surface area contributed by atoms with E-state index < -0.39 is 15.9 Å². The zero-order valence-electron chi connectivity index (χ0n) is 12.1. The Bertz CT molecular complexity index is 826. The second-order valence-electron chi connectivity index (χ2n) is 5.13. The molecule has 120 valence electrons. The first-order chi connectivity index (χ1) is 10.9. The molecule has 0 radical (unpaired) electrons. The monoisotopic (exact) mass is 335 g/mol. The van der Waals surface area contributed by atoms with Gasteiger partial charge in [0.05, 0.1) is 11.3 Å². The highest BCUT2D eigenvalue weighted by molar-refractivity contribution is 7.90. The second kappa shape index (κ2) is 5.96. The van der Waals surface area contributed by atoms with Gasteiger partial charge in [0.15, 0.2) is 5.84 Å². The van der Waals surface area contributed by atoms with Crippen molar-refractivity contribution in [2.75, 3.05) is 12.3 Å². The summed E-state index contributed by atoms with van der Waals surface area (Å²) in [6, 6.07) is 5.76. The van der Waals surface area contributed by atoms with Crippen LogP contribution in [-0.2, 0) is 21.4 Å². The van der Waals surface area contributed by atoms with E-state index in [1.54, 1.807) is 29.3 Å². The zero-order valence-corrected chi connectivity index (χ0v) is 12.9. The Kier molecular flexibility index (Phi) is 3.99. The number of fused-ring (bicyclic) bond motifs is 1. The predicted molar refractivity (Wildman–Crippen MR) is 83.4 cm³/mol. The molecule has 1 amide bonds. The third-order valence-electron chi connectivity index (χ3n) is 3.47. The van der Waals surface area contributed by atoms with Crippen molar-refractivity contribution in [1.29, 1.82) is 0 Å². The SMILES string of the molecule is O=C(NCc1ccc(F)cc1)C1=CC=CN2CCS(=O)(=O)N=C12. The first-order valence-electron chi connectivity index (χ1n) is 6.95. The van der Waals surface area contributed by atoms with Crippen molar-refractivity contribution in [3.63, 3.8) is 0 Å². The van der Waals surface area contributed by atoms with E-state index in [0.29, 0.717) is 0 Å². The minimum Gasteiger partial charge on any atom is -0.348 e. The summed E-state index contributed by atoms with van der Waals surface area (Å²) >= 11 is 0. The summed E-state index contributed by atoms with van der Waals surface area (Å²) in [5.41, 5.74) is 0.930. The van der Waals surface area contributed by atoms with Crippen LogP contribution < -0.4 is 5.32 Å². The molecular weight excluding hydrogens is 321 g/mol. The van der Waals surface area contributed by atoms with Gasteiger partial charge in [0.25, 0.3) is 15.9 Å². The van der Waals surface area contributed by atoms with Crippen LogP contribution in [0, 0.1) is 5.82 Å². The first-order valence-corrected chi connectivity index (χ1v) is 8.56. The Morgan fingerprint density at radius 1 is 1.30 bits per heavy atom. The van der Waals surface area contributed by atoms with Crippen LogP contribution in [0.1, 0.15) is 5.56 Å². The molecule has 0 bridgehead atoms. The Morgan fingerprint density at radius 3 is 2.78 bits per heavy atom. The molecule has 3 rings (SSSR count). The van der Waals surface area contributed by atoms with Gasteiger partial charge in [-0.15, -0.1) is 4.40 Å². The van der Waals surface area contributed by atoms with Crippen LogP contribution in [0.25, 0.3) is 0 Å². The Morgan fingerprint density at radius 2 is 2.04 bits per heavy atom. The van der Waals surface area contributed by atoms with Crippen molar-refractivity contribution in [3.8, 4) is 0 Å². The fraction of sp³-hybridized carbons (Fsp3) is 0.200. The van der Waals surface area contributed by atoms with E-state index in [9.17, 15) is 17.6 Å². The standard InChI is InChI=1S/C15H14FN3O3S/c16-12-5-3-11(4-6-12)10-17-15(20)13-2-1-7-19-8-9-23(21,22)18-14(13)19/h1-7H,8-10H2,(H,17,20). The Labute approximate surface area is 133 Å². The topological polar surface area (TPSA) is 78.8 Å². The molecule has 2 aliphatic rings. The highest BCUT2D eigenvalue weighted by Crippen LogP contribution is 2.17. The van der Waals surface area contributed by atoms with Crippen LogP contribution in [-0.4, -0.2) is 37.4 Å². The first kappa shape index (κ1) is 15.4. The van der Waals surface area contributed by atoms with Gasteiger partial charge in [-0.1, -0.05) is 12.1 Å². The smallest absolute Gasteiger partial charge is 0.256 e. The summed E-state index contributed by atoms with van der Waals surface area (Å²) in [6.07, 6.45) is 4.88. The molecule has 0 unspecified atom stereocenters. The van der Waals surface area contributed by atoms with E-state index in [1.807, 2.05) is 0 Å². The summed E-state index contributed by atoms with van der Waals surface area (Å²) in [5.74, 6) is -0.724. The van der Waals surface area contributed by atoms with Gasteiger partial charge in [-0.25, -0.2) is 12.8 Å². The van der Waals surface area contributed by atoms with Gasteiger partial charge in [-0.05, 0) is 29.8 Å². The van der Waals surface area contributed by atoms with Gasteiger partial charge in [0, 0.05) is 19.3 Å². The molecule has 6 nitrogen and oxygen atoms in total. The van der Waals surface area contributed by atoms with Gasteiger partial charge >= 0.3 is 0 Å². The van der Waals surface area contributed by atoms with Crippen LogP contribution >= 0.6 is 0 Å². The normalized spacial score (nSPS) is 18.7. The van der Waals surface area contributed by atoms with Gasteiger partial charge in [-0.2, -0.15) is 0 Å². The van der Waals surface area contributed by atoms with Crippen LogP contribution in [0.15, 0.2) is 52.6 Å².